The monoisotopic (exact) mass is 156 g/mol. The minimum absolute atomic E-state index is 0.0159. The fourth-order valence-corrected chi connectivity index (χ4v) is 1.15. The first-order chi connectivity index (χ1) is 5.63. The van der Waals surface area contributed by atoms with Crippen LogP contribution in [0.4, 0.5) is 0 Å². The summed E-state index contributed by atoms with van der Waals surface area (Å²) >= 11 is 0. The summed E-state index contributed by atoms with van der Waals surface area (Å²) in [6.45, 7) is 1.63. The molecule has 1 N–H and O–H groups in total. The van der Waals surface area contributed by atoms with Crippen molar-refractivity contribution in [3.05, 3.63) is 22.5 Å². The minimum atomic E-state index is -0.653. The number of aliphatic hydroxyl groups excluding tert-OH is 1. The Morgan fingerprint density at radius 3 is 2.33 bits per heavy atom. The predicted molar refractivity (Wildman–Crippen MR) is 43.1 cm³/mol. The molecule has 0 saturated carbocycles. The van der Waals surface area contributed by atoms with Crippen LogP contribution in [0, 0.1) is 22.7 Å². The third-order valence-corrected chi connectivity index (χ3v) is 1.89. The van der Waals surface area contributed by atoms with Crippen molar-refractivity contribution >= 4 is 7.85 Å². The number of hydrogen-bond acceptors (Lipinski definition) is 3. The molecule has 0 aromatic heterocycles. The number of allylic oxidation sites excluding steroid dienone is 3. The van der Waals surface area contributed by atoms with Gasteiger partial charge in [0.15, 0.2) is 0 Å². The molecule has 0 aromatic carbocycles. The Kier molecular flexibility index (Phi) is 1.93. The van der Waals surface area contributed by atoms with Crippen LogP contribution in [0.1, 0.15) is 6.92 Å². The van der Waals surface area contributed by atoms with E-state index in [0.29, 0.717) is 11.1 Å². The summed E-state index contributed by atoms with van der Waals surface area (Å²) in [5.74, 6) is -0.590. The predicted octanol–water partition coefficient (Wildman–Crippen LogP) is 1.13. The van der Waals surface area contributed by atoms with Crippen LogP contribution in [0.15, 0.2) is 22.5 Å². The topological polar surface area (TPSA) is 67.8 Å². The van der Waals surface area contributed by atoms with Crippen LogP contribution in [0.3, 0.4) is 0 Å². The van der Waals surface area contributed by atoms with Crippen LogP contribution in [0.2, 0.25) is 5.82 Å². The van der Waals surface area contributed by atoms with Crippen molar-refractivity contribution in [2.24, 2.45) is 0 Å². The molecule has 3 nitrogen and oxygen atoms in total. The van der Waals surface area contributed by atoms with Gasteiger partial charge in [-0.25, -0.2) is 0 Å². The second-order valence-electron chi connectivity index (χ2n) is 2.50. The van der Waals surface area contributed by atoms with Gasteiger partial charge in [-0.05, 0) is 18.1 Å². The third-order valence-electron chi connectivity index (χ3n) is 1.89. The lowest BCUT2D eigenvalue weighted by molar-refractivity contribution is 0.375. The average molecular weight is 156 g/mol. The fourth-order valence-electron chi connectivity index (χ4n) is 1.15. The second kappa shape index (κ2) is 2.75. The van der Waals surface area contributed by atoms with Crippen molar-refractivity contribution in [3.8, 4) is 12.1 Å². The van der Waals surface area contributed by atoms with E-state index in [4.69, 9.17) is 23.5 Å². The molecule has 0 aliphatic heterocycles. The number of rotatable bonds is 0. The lowest BCUT2D eigenvalue weighted by Gasteiger charge is -2.28. The molecule has 1 aliphatic rings. The molecule has 56 valence electrons. The molecule has 0 bridgehead atoms. The molecule has 12 heavy (non-hydrogen) atoms. The quantitative estimate of drug-likeness (QED) is 0.422. The van der Waals surface area contributed by atoms with Gasteiger partial charge in [0.05, 0.1) is 13.6 Å². The summed E-state index contributed by atoms with van der Waals surface area (Å²) in [6, 6.07) is 3.46. The van der Waals surface area contributed by atoms with Crippen LogP contribution in [0.5, 0.6) is 0 Å². The first-order valence-corrected chi connectivity index (χ1v) is 3.33. The maximum Gasteiger partial charge on any atom is 0.133 e. The van der Waals surface area contributed by atoms with Gasteiger partial charge in [0.25, 0.3) is 0 Å². The molecule has 1 aliphatic carbocycles. The number of nitrogens with zero attached hydrogens (tertiary/aromatic N) is 2. The molecule has 0 fully saturated rings. The van der Waals surface area contributed by atoms with Crippen LogP contribution < -0.4 is 0 Å². The smallest absolute Gasteiger partial charge is 0.133 e. The molecular formula is C8H5BN2O. The number of aliphatic hydroxyl groups is 1. The normalized spacial score (nSPS) is 20.9. The van der Waals surface area contributed by atoms with Gasteiger partial charge < -0.3 is 5.11 Å². The van der Waals surface area contributed by atoms with Crippen molar-refractivity contribution in [2.45, 2.75) is 12.7 Å². The van der Waals surface area contributed by atoms with E-state index in [0.717, 1.165) is 0 Å². The van der Waals surface area contributed by atoms with E-state index in [-0.39, 0.29) is 11.3 Å². The van der Waals surface area contributed by atoms with Crippen LogP contribution in [-0.4, -0.2) is 13.0 Å². The molecule has 2 radical (unpaired) electrons. The highest BCUT2D eigenvalue weighted by atomic mass is 16.3. The first kappa shape index (κ1) is 8.42. The average Bonchev–Trinajstić information content (AvgIpc) is 2.12. The van der Waals surface area contributed by atoms with E-state index in [1.807, 2.05) is 0 Å². The Balaban J connectivity index is 3.22. The molecule has 0 saturated heterocycles. The Labute approximate surface area is 71.6 Å². The Hall–Kier alpha value is -1.68. The SMILES string of the molecule is [B]C1C(O)=C(C)C1=C(C#N)C#N. The van der Waals surface area contributed by atoms with E-state index in [9.17, 15) is 0 Å². The zero-order valence-electron chi connectivity index (χ0n) is 6.50. The van der Waals surface area contributed by atoms with Gasteiger partial charge in [0.1, 0.15) is 17.7 Å². The highest BCUT2D eigenvalue weighted by molar-refractivity contribution is 6.18. The highest BCUT2D eigenvalue weighted by Gasteiger charge is 2.30. The zero-order valence-corrected chi connectivity index (χ0v) is 6.50. The lowest BCUT2D eigenvalue weighted by Crippen LogP contribution is -2.17. The van der Waals surface area contributed by atoms with Gasteiger partial charge >= 0.3 is 0 Å². The van der Waals surface area contributed by atoms with E-state index in [1.54, 1.807) is 19.1 Å². The second-order valence-corrected chi connectivity index (χ2v) is 2.50. The van der Waals surface area contributed by atoms with Gasteiger partial charge in [0, 0.05) is 5.82 Å². The molecular weight excluding hydrogens is 151 g/mol. The van der Waals surface area contributed by atoms with Gasteiger partial charge in [-0.1, -0.05) is 0 Å². The third kappa shape index (κ3) is 0.896. The van der Waals surface area contributed by atoms with Crippen LogP contribution in [-0.2, 0) is 0 Å². The first-order valence-electron chi connectivity index (χ1n) is 3.33. The summed E-state index contributed by atoms with van der Waals surface area (Å²) in [5, 5.41) is 26.1. The summed E-state index contributed by atoms with van der Waals surface area (Å²) in [7, 11) is 5.44. The van der Waals surface area contributed by atoms with E-state index in [1.165, 1.54) is 0 Å². The zero-order chi connectivity index (χ0) is 9.30. The molecule has 1 rings (SSSR count). The lowest BCUT2D eigenvalue weighted by atomic mass is 9.65. The Morgan fingerprint density at radius 2 is 2.00 bits per heavy atom. The summed E-state index contributed by atoms with van der Waals surface area (Å²) < 4.78 is 0. The molecule has 0 heterocycles. The maximum absolute atomic E-state index is 9.10. The molecule has 1 unspecified atom stereocenters. The van der Waals surface area contributed by atoms with Crippen LogP contribution >= 0.6 is 0 Å². The highest BCUT2D eigenvalue weighted by Crippen LogP contribution is 2.42. The van der Waals surface area contributed by atoms with Gasteiger partial charge in [-0.15, -0.1) is 0 Å². The van der Waals surface area contributed by atoms with Crippen molar-refractivity contribution in [1.29, 1.82) is 10.5 Å². The summed E-state index contributed by atoms with van der Waals surface area (Å²) in [4.78, 5) is 0. The number of nitriles is 2. The minimum Gasteiger partial charge on any atom is -0.512 e. The molecule has 0 aromatic rings. The summed E-state index contributed by atoms with van der Waals surface area (Å²) in [6.07, 6.45) is 0. The number of hydrogen-bond donors (Lipinski definition) is 1. The molecule has 0 spiro atoms. The largest absolute Gasteiger partial charge is 0.512 e. The van der Waals surface area contributed by atoms with Gasteiger partial charge in [-0.2, -0.15) is 10.5 Å². The fraction of sp³-hybridized carbons (Fsp3) is 0.250. The Bertz CT molecular complexity index is 351. The maximum atomic E-state index is 9.10. The molecule has 1 atom stereocenters. The van der Waals surface area contributed by atoms with Crippen LogP contribution in [0.25, 0.3) is 0 Å². The van der Waals surface area contributed by atoms with Crippen molar-refractivity contribution in [2.75, 3.05) is 0 Å². The molecule has 0 amide bonds. The van der Waals surface area contributed by atoms with E-state index in [2.05, 4.69) is 0 Å². The van der Waals surface area contributed by atoms with E-state index < -0.39 is 5.82 Å². The standard InChI is InChI=1S/C8H5BN2O/c1-4-6(5(2-10)3-11)7(9)8(4)12/h7,12H,1H3. The van der Waals surface area contributed by atoms with Gasteiger partial charge in [0.2, 0.25) is 0 Å². The van der Waals surface area contributed by atoms with Crippen molar-refractivity contribution < 1.29 is 5.11 Å². The summed E-state index contributed by atoms with van der Waals surface area (Å²) in [5.41, 5.74) is 0.982. The molecule has 4 heteroatoms. The van der Waals surface area contributed by atoms with Crippen molar-refractivity contribution in [3.63, 3.8) is 0 Å². The Morgan fingerprint density at radius 1 is 1.50 bits per heavy atom. The van der Waals surface area contributed by atoms with Gasteiger partial charge in [-0.3, -0.25) is 0 Å². The van der Waals surface area contributed by atoms with E-state index >= 15 is 0 Å². The van der Waals surface area contributed by atoms with Crippen molar-refractivity contribution in [1.82, 2.24) is 0 Å².